The van der Waals surface area contributed by atoms with Crippen LogP contribution in [-0.4, -0.2) is 0 Å². The van der Waals surface area contributed by atoms with Crippen LogP contribution in [0, 0.1) is 0 Å². The summed E-state index contributed by atoms with van der Waals surface area (Å²) in [6.45, 7) is 0. The molecule has 2 aromatic carbocycles. The number of hydrogen-bond donors (Lipinski definition) is 1. The van der Waals surface area contributed by atoms with E-state index in [1.165, 1.54) is 5.56 Å². The molecule has 0 bridgehead atoms. The Balaban J connectivity index is 2.61. The van der Waals surface area contributed by atoms with Gasteiger partial charge >= 0.3 is 0 Å². The van der Waals surface area contributed by atoms with Crippen molar-refractivity contribution in [3.63, 3.8) is 0 Å². The Hall–Kier alpha value is -0.730. The van der Waals surface area contributed by atoms with E-state index in [4.69, 9.17) is 0 Å². The van der Waals surface area contributed by atoms with Crippen molar-refractivity contribution < 1.29 is 0 Å². The van der Waals surface area contributed by atoms with Crippen LogP contribution in [0.15, 0.2) is 57.9 Å². The zero-order valence-corrected chi connectivity index (χ0v) is 9.92. The van der Waals surface area contributed by atoms with E-state index in [0.29, 0.717) is 0 Å². The number of rotatable bonds is 1. The minimum atomic E-state index is 0.999. The summed E-state index contributed by atoms with van der Waals surface area (Å²) >= 11 is 7.97. The van der Waals surface area contributed by atoms with Gasteiger partial charge in [-0.05, 0) is 23.3 Å². The Morgan fingerprint density at radius 1 is 0.786 bits per heavy atom. The normalized spacial score (nSPS) is 10.1. The lowest BCUT2D eigenvalue weighted by atomic mass is 10.1. The second-order valence-corrected chi connectivity index (χ2v) is 4.33. The van der Waals surface area contributed by atoms with Crippen molar-refractivity contribution in [2.45, 2.75) is 4.90 Å². The number of hydrogen-bond acceptors (Lipinski definition) is 1. The van der Waals surface area contributed by atoms with E-state index in [1.807, 2.05) is 36.4 Å². The largest absolute Gasteiger partial charge is 0.143 e. The maximum atomic E-state index is 4.44. The lowest BCUT2D eigenvalue weighted by molar-refractivity contribution is 1.44. The lowest BCUT2D eigenvalue weighted by Crippen LogP contribution is -1.80. The molecule has 0 radical (unpaired) electrons. The zero-order chi connectivity index (χ0) is 9.97. The van der Waals surface area contributed by atoms with Gasteiger partial charge in [-0.25, -0.2) is 0 Å². The quantitative estimate of drug-likeness (QED) is 0.726. The number of halogens is 1. The maximum absolute atomic E-state index is 4.44. The molecule has 0 aliphatic rings. The molecule has 0 heterocycles. The smallest absolute Gasteiger partial charge is 0.0254 e. The molecule has 0 N–H and O–H groups in total. The predicted octanol–water partition coefficient (Wildman–Crippen LogP) is 4.40. The number of thiol groups is 1. The SMILES string of the molecule is Sc1ccccc1-c1ccccc1Br. The molecule has 0 aliphatic heterocycles. The van der Waals surface area contributed by atoms with Gasteiger partial charge in [0.05, 0.1) is 0 Å². The highest BCUT2D eigenvalue weighted by atomic mass is 79.9. The number of benzene rings is 2. The highest BCUT2D eigenvalue weighted by Crippen LogP contribution is 2.31. The maximum Gasteiger partial charge on any atom is 0.0254 e. The molecular formula is C12H9BrS. The fraction of sp³-hybridized carbons (Fsp3) is 0. The molecule has 0 fully saturated rings. The first kappa shape index (κ1) is 9.81. The van der Waals surface area contributed by atoms with Crippen molar-refractivity contribution in [1.29, 1.82) is 0 Å². The van der Waals surface area contributed by atoms with Gasteiger partial charge in [-0.2, -0.15) is 0 Å². The summed E-state index contributed by atoms with van der Waals surface area (Å²) in [5, 5.41) is 0. The minimum Gasteiger partial charge on any atom is -0.143 e. The van der Waals surface area contributed by atoms with Gasteiger partial charge in [-0.1, -0.05) is 52.3 Å². The van der Waals surface area contributed by atoms with Crippen LogP contribution in [-0.2, 0) is 0 Å². The van der Waals surface area contributed by atoms with Crippen LogP contribution in [0.2, 0.25) is 0 Å². The Morgan fingerprint density at radius 2 is 1.36 bits per heavy atom. The molecule has 0 atom stereocenters. The highest BCUT2D eigenvalue weighted by Gasteiger charge is 2.03. The fourth-order valence-electron chi connectivity index (χ4n) is 1.38. The van der Waals surface area contributed by atoms with E-state index in [1.54, 1.807) is 0 Å². The van der Waals surface area contributed by atoms with Gasteiger partial charge in [-0.15, -0.1) is 12.6 Å². The van der Waals surface area contributed by atoms with Crippen LogP contribution >= 0.6 is 28.6 Å². The molecule has 0 saturated carbocycles. The molecule has 2 aromatic rings. The van der Waals surface area contributed by atoms with Gasteiger partial charge < -0.3 is 0 Å². The summed E-state index contributed by atoms with van der Waals surface area (Å²) in [6.07, 6.45) is 0. The van der Waals surface area contributed by atoms with Crippen molar-refractivity contribution in [2.75, 3.05) is 0 Å². The summed E-state index contributed by atoms with van der Waals surface area (Å²) in [5.74, 6) is 0. The monoisotopic (exact) mass is 264 g/mol. The van der Waals surface area contributed by atoms with E-state index in [2.05, 4.69) is 40.7 Å². The van der Waals surface area contributed by atoms with Crippen molar-refractivity contribution in [2.24, 2.45) is 0 Å². The predicted molar refractivity (Wildman–Crippen MR) is 66.8 cm³/mol. The summed E-state index contributed by atoms with van der Waals surface area (Å²) in [5.41, 5.74) is 2.33. The summed E-state index contributed by atoms with van der Waals surface area (Å²) in [6, 6.07) is 16.2. The minimum absolute atomic E-state index is 0.999. The lowest BCUT2D eigenvalue weighted by Gasteiger charge is -2.06. The van der Waals surface area contributed by atoms with Crippen molar-refractivity contribution in [1.82, 2.24) is 0 Å². The van der Waals surface area contributed by atoms with Gasteiger partial charge in [0.15, 0.2) is 0 Å². The third kappa shape index (κ3) is 1.86. The molecule has 0 saturated heterocycles. The Labute approximate surface area is 97.5 Å². The summed E-state index contributed by atoms with van der Waals surface area (Å²) in [4.78, 5) is 0.999. The summed E-state index contributed by atoms with van der Waals surface area (Å²) < 4.78 is 1.10. The first-order chi connectivity index (χ1) is 6.79. The third-order valence-corrected chi connectivity index (χ3v) is 3.15. The Bertz CT molecular complexity index is 408. The van der Waals surface area contributed by atoms with Crippen LogP contribution in [0.25, 0.3) is 11.1 Å². The molecule has 0 spiro atoms. The molecule has 2 heteroatoms. The first-order valence-corrected chi connectivity index (χ1v) is 5.56. The molecule has 2 rings (SSSR count). The van der Waals surface area contributed by atoms with Gasteiger partial charge in [0.2, 0.25) is 0 Å². The van der Waals surface area contributed by atoms with E-state index >= 15 is 0 Å². The standard InChI is InChI=1S/C12H9BrS/c13-11-7-3-1-5-9(11)10-6-2-4-8-12(10)14/h1-8,14H. The Morgan fingerprint density at radius 3 is 2.00 bits per heavy atom. The zero-order valence-electron chi connectivity index (χ0n) is 7.44. The molecule has 70 valence electrons. The Kier molecular flexibility index (Phi) is 2.94. The summed E-state index contributed by atoms with van der Waals surface area (Å²) in [7, 11) is 0. The van der Waals surface area contributed by atoms with E-state index in [0.717, 1.165) is 14.9 Å². The van der Waals surface area contributed by atoms with Crippen molar-refractivity contribution >= 4 is 28.6 Å². The second-order valence-electron chi connectivity index (χ2n) is 3.00. The van der Waals surface area contributed by atoms with E-state index in [9.17, 15) is 0 Å². The molecule has 0 nitrogen and oxygen atoms in total. The average Bonchev–Trinajstić information content (AvgIpc) is 2.20. The second kappa shape index (κ2) is 4.20. The van der Waals surface area contributed by atoms with Gasteiger partial charge in [0.1, 0.15) is 0 Å². The topological polar surface area (TPSA) is 0 Å². The highest BCUT2D eigenvalue weighted by molar-refractivity contribution is 9.10. The van der Waals surface area contributed by atoms with E-state index < -0.39 is 0 Å². The molecule has 0 unspecified atom stereocenters. The van der Waals surface area contributed by atoms with Gasteiger partial charge in [0.25, 0.3) is 0 Å². The van der Waals surface area contributed by atoms with Crippen LogP contribution in [0.4, 0.5) is 0 Å². The molecule has 14 heavy (non-hydrogen) atoms. The molecule has 0 aliphatic carbocycles. The average molecular weight is 265 g/mol. The van der Waals surface area contributed by atoms with Crippen LogP contribution < -0.4 is 0 Å². The van der Waals surface area contributed by atoms with Crippen LogP contribution in [0.3, 0.4) is 0 Å². The van der Waals surface area contributed by atoms with Gasteiger partial charge in [0, 0.05) is 9.37 Å². The molecule has 0 amide bonds. The van der Waals surface area contributed by atoms with Crippen LogP contribution in [0.1, 0.15) is 0 Å². The third-order valence-electron chi connectivity index (χ3n) is 2.07. The van der Waals surface area contributed by atoms with E-state index in [-0.39, 0.29) is 0 Å². The fourth-order valence-corrected chi connectivity index (χ4v) is 2.16. The molecular weight excluding hydrogens is 256 g/mol. The van der Waals surface area contributed by atoms with Crippen molar-refractivity contribution in [3.8, 4) is 11.1 Å². The van der Waals surface area contributed by atoms with Crippen LogP contribution in [0.5, 0.6) is 0 Å². The van der Waals surface area contributed by atoms with Gasteiger partial charge in [-0.3, -0.25) is 0 Å². The molecule has 0 aromatic heterocycles. The van der Waals surface area contributed by atoms with Crippen molar-refractivity contribution in [3.05, 3.63) is 53.0 Å². The first-order valence-electron chi connectivity index (χ1n) is 4.32.